The highest BCUT2D eigenvalue weighted by Crippen LogP contribution is 2.27. The van der Waals surface area contributed by atoms with Crippen molar-refractivity contribution in [3.05, 3.63) is 34.4 Å². The Morgan fingerprint density at radius 2 is 2.19 bits per heavy atom. The first-order chi connectivity index (χ1) is 7.52. The lowest BCUT2D eigenvalue weighted by molar-refractivity contribution is 0.0695. The van der Waals surface area contributed by atoms with Gasteiger partial charge in [-0.3, -0.25) is 0 Å². The van der Waals surface area contributed by atoms with E-state index in [1.807, 2.05) is 0 Å². The second-order valence-electron chi connectivity index (χ2n) is 2.98. The van der Waals surface area contributed by atoms with Crippen LogP contribution in [0.2, 0.25) is 0 Å². The molecule has 1 rings (SSSR count). The molecule has 4 nitrogen and oxygen atoms in total. The van der Waals surface area contributed by atoms with Crippen LogP contribution in [0.3, 0.4) is 0 Å². The third-order valence-corrected chi connectivity index (χ3v) is 2.13. The van der Waals surface area contributed by atoms with Gasteiger partial charge in [-0.15, -0.1) is 0 Å². The molecule has 0 amide bonds. The molecule has 0 atom stereocenters. The summed E-state index contributed by atoms with van der Waals surface area (Å²) >= 11 is 0. The number of nitrogens with two attached hydrogens (primary N) is 1. The molecule has 0 radical (unpaired) electrons. The molecule has 84 valence electrons. The van der Waals surface area contributed by atoms with Gasteiger partial charge in [0.05, 0.1) is 17.2 Å². The molecule has 16 heavy (non-hydrogen) atoms. The molecule has 0 heterocycles. The summed E-state index contributed by atoms with van der Waals surface area (Å²) in [5, 5.41) is 17.5. The van der Waals surface area contributed by atoms with E-state index in [0.29, 0.717) is 0 Å². The van der Waals surface area contributed by atoms with E-state index >= 15 is 0 Å². The fourth-order valence-corrected chi connectivity index (χ4v) is 1.39. The van der Waals surface area contributed by atoms with Crippen LogP contribution in [0.25, 0.3) is 0 Å². The minimum absolute atomic E-state index is 0.0622. The van der Waals surface area contributed by atoms with Crippen molar-refractivity contribution in [2.45, 2.75) is 13.0 Å². The van der Waals surface area contributed by atoms with Gasteiger partial charge in [0.2, 0.25) is 0 Å². The van der Waals surface area contributed by atoms with Crippen molar-refractivity contribution in [3.8, 4) is 6.07 Å². The number of halogens is 2. The van der Waals surface area contributed by atoms with E-state index in [-0.39, 0.29) is 23.2 Å². The second-order valence-corrected chi connectivity index (χ2v) is 2.98. The van der Waals surface area contributed by atoms with Gasteiger partial charge >= 0.3 is 5.97 Å². The van der Waals surface area contributed by atoms with Crippen LogP contribution in [-0.4, -0.2) is 11.1 Å². The zero-order chi connectivity index (χ0) is 12.3. The maximum Gasteiger partial charge on any atom is 0.336 e. The number of carboxylic acids is 1. The Labute approximate surface area is 89.9 Å². The molecule has 0 aliphatic rings. The number of aromatic carboxylic acids is 1. The monoisotopic (exact) mass is 226 g/mol. The number of nitriles is 1. The third-order valence-electron chi connectivity index (χ3n) is 2.13. The van der Waals surface area contributed by atoms with Crippen molar-refractivity contribution in [3.63, 3.8) is 0 Å². The van der Waals surface area contributed by atoms with Gasteiger partial charge in [0, 0.05) is 12.1 Å². The van der Waals surface area contributed by atoms with Crippen LogP contribution in [0.5, 0.6) is 0 Å². The minimum atomic E-state index is -2.83. The van der Waals surface area contributed by atoms with Crippen LogP contribution < -0.4 is 5.73 Å². The van der Waals surface area contributed by atoms with Crippen molar-refractivity contribution < 1.29 is 18.7 Å². The van der Waals surface area contributed by atoms with Crippen LogP contribution in [0.4, 0.5) is 8.78 Å². The Hall–Kier alpha value is -2.00. The molecule has 0 aliphatic carbocycles. The summed E-state index contributed by atoms with van der Waals surface area (Å²) in [5.41, 5.74) is 4.15. The number of nitrogens with zero attached hydrogens (tertiary/aromatic N) is 1. The number of hydrogen-bond acceptors (Lipinski definition) is 3. The van der Waals surface area contributed by atoms with Gasteiger partial charge in [-0.1, -0.05) is 6.07 Å². The summed E-state index contributed by atoms with van der Waals surface area (Å²) in [6, 6.07) is 3.54. The van der Waals surface area contributed by atoms with E-state index in [1.54, 1.807) is 6.07 Å². The Morgan fingerprint density at radius 1 is 1.56 bits per heavy atom. The first kappa shape index (κ1) is 12.1. The van der Waals surface area contributed by atoms with Crippen LogP contribution >= 0.6 is 0 Å². The number of hydrogen-bond donors (Lipinski definition) is 2. The topological polar surface area (TPSA) is 87.1 Å². The number of rotatable bonds is 3. The van der Waals surface area contributed by atoms with Gasteiger partial charge in [0.1, 0.15) is 0 Å². The van der Waals surface area contributed by atoms with Gasteiger partial charge < -0.3 is 10.8 Å². The summed E-state index contributed by atoms with van der Waals surface area (Å²) < 4.78 is 25.0. The molecule has 0 aliphatic heterocycles. The van der Waals surface area contributed by atoms with Crippen molar-refractivity contribution in [2.24, 2.45) is 5.73 Å². The molecule has 0 saturated heterocycles. The predicted molar refractivity (Wildman–Crippen MR) is 51.0 cm³/mol. The summed E-state index contributed by atoms with van der Waals surface area (Å²) in [4.78, 5) is 10.8. The molecule has 1 aromatic carbocycles. The standard InChI is InChI=1S/C10H8F2N2O2/c11-9(12)5-1-2-6(10(15)16)8(4-14)7(5)3-13/h1-2,9H,4,14H2,(H,15,16). The lowest BCUT2D eigenvalue weighted by Crippen LogP contribution is -2.11. The summed E-state index contributed by atoms with van der Waals surface area (Å²) in [5.74, 6) is -1.29. The molecule has 0 spiro atoms. The Bertz CT molecular complexity index is 467. The van der Waals surface area contributed by atoms with Crippen molar-refractivity contribution in [1.82, 2.24) is 0 Å². The Balaban J connectivity index is 3.54. The lowest BCUT2D eigenvalue weighted by atomic mass is 9.96. The van der Waals surface area contributed by atoms with Crippen LogP contribution in [-0.2, 0) is 6.54 Å². The number of carbonyl (C=O) groups is 1. The SMILES string of the molecule is N#Cc1c(C(F)F)ccc(C(=O)O)c1CN. The zero-order valence-corrected chi connectivity index (χ0v) is 8.08. The Kier molecular flexibility index (Phi) is 3.53. The van der Waals surface area contributed by atoms with E-state index in [2.05, 4.69) is 0 Å². The molecular formula is C10H8F2N2O2. The maximum atomic E-state index is 12.5. The van der Waals surface area contributed by atoms with Gasteiger partial charge in [-0.2, -0.15) is 5.26 Å². The summed E-state index contributed by atoms with van der Waals surface area (Å²) in [7, 11) is 0. The molecule has 0 unspecified atom stereocenters. The number of alkyl halides is 2. The predicted octanol–water partition coefficient (Wildman–Crippen LogP) is 1.65. The van der Waals surface area contributed by atoms with Crippen molar-refractivity contribution in [1.29, 1.82) is 5.26 Å². The van der Waals surface area contributed by atoms with E-state index < -0.39 is 18.0 Å². The van der Waals surface area contributed by atoms with Gasteiger partial charge in [-0.25, -0.2) is 13.6 Å². The normalized spacial score (nSPS) is 10.2. The van der Waals surface area contributed by atoms with Gasteiger partial charge in [0.25, 0.3) is 6.43 Å². The number of benzene rings is 1. The molecular weight excluding hydrogens is 218 g/mol. The Morgan fingerprint density at radius 3 is 2.56 bits per heavy atom. The molecule has 6 heteroatoms. The van der Waals surface area contributed by atoms with Crippen molar-refractivity contribution in [2.75, 3.05) is 0 Å². The molecule has 3 N–H and O–H groups in total. The van der Waals surface area contributed by atoms with E-state index in [1.165, 1.54) is 0 Å². The van der Waals surface area contributed by atoms with E-state index in [9.17, 15) is 13.6 Å². The number of carboxylic acid groups (broad SMARTS) is 1. The van der Waals surface area contributed by atoms with Gasteiger partial charge in [0.15, 0.2) is 0 Å². The fourth-order valence-electron chi connectivity index (χ4n) is 1.39. The minimum Gasteiger partial charge on any atom is -0.478 e. The third kappa shape index (κ3) is 1.99. The van der Waals surface area contributed by atoms with Gasteiger partial charge in [-0.05, 0) is 11.6 Å². The van der Waals surface area contributed by atoms with E-state index in [4.69, 9.17) is 16.1 Å². The van der Waals surface area contributed by atoms with Crippen molar-refractivity contribution >= 4 is 5.97 Å². The first-order valence-corrected chi connectivity index (χ1v) is 4.30. The largest absolute Gasteiger partial charge is 0.478 e. The molecule has 1 aromatic rings. The first-order valence-electron chi connectivity index (χ1n) is 4.30. The quantitative estimate of drug-likeness (QED) is 0.820. The molecule has 0 saturated carbocycles. The average Bonchev–Trinajstić information content (AvgIpc) is 2.26. The smallest absolute Gasteiger partial charge is 0.336 e. The molecule has 0 aromatic heterocycles. The second kappa shape index (κ2) is 4.68. The summed E-state index contributed by atoms with van der Waals surface area (Å²) in [6.45, 7) is -0.273. The maximum absolute atomic E-state index is 12.5. The summed E-state index contributed by atoms with van der Waals surface area (Å²) in [6.07, 6.45) is -2.83. The highest BCUT2D eigenvalue weighted by molar-refractivity contribution is 5.90. The fraction of sp³-hybridized carbons (Fsp3) is 0.200. The zero-order valence-electron chi connectivity index (χ0n) is 8.08. The van der Waals surface area contributed by atoms with E-state index in [0.717, 1.165) is 12.1 Å². The average molecular weight is 226 g/mol. The van der Waals surface area contributed by atoms with Crippen LogP contribution in [0, 0.1) is 11.3 Å². The van der Waals surface area contributed by atoms with Crippen LogP contribution in [0.1, 0.15) is 33.5 Å². The lowest BCUT2D eigenvalue weighted by Gasteiger charge is -2.10. The highest BCUT2D eigenvalue weighted by Gasteiger charge is 2.20. The molecule has 0 fully saturated rings. The van der Waals surface area contributed by atoms with Crippen LogP contribution in [0.15, 0.2) is 12.1 Å². The highest BCUT2D eigenvalue weighted by atomic mass is 19.3. The molecule has 0 bridgehead atoms.